The van der Waals surface area contributed by atoms with Gasteiger partial charge < -0.3 is 9.64 Å². The highest BCUT2D eigenvalue weighted by molar-refractivity contribution is 7.89. The van der Waals surface area contributed by atoms with Crippen LogP contribution in [0, 0.1) is 0 Å². The number of anilines is 1. The number of hydrogen-bond donors (Lipinski definition) is 1. The second-order valence-electron chi connectivity index (χ2n) is 5.31. The molecular formula is C18H22N2O4S. The number of benzene rings is 2. The molecule has 0 heterocycles. The Bertz CT molecular complexity index is 790. The first kappa shape index (κ1) is 19.0. The van der Waals surface area contributed by atoms with Gasteiger partial charge in [-0.25, -0.2) is 13.1 Å². The van der Waals surface area contributed by atoms with Gasteiger partial charge in [0.2, 0.25) is 15.9 Å². The second-order valence-corrected chi connectivity index (χ2v) is 7.08. The van der Waals surface area contributed by atoms with Crippen molar-refractivity contribution in [3.05, 3.63) is 54.6 Å². The monoisotopic (exact) mass is 362 g/mol. The summed E-state index contributed by atoms with van der Waals surface area (Å²) in [4.78, 5) is 13.5. The van der Waals surface area contributed by atoms with Crippen LogP contribution >= 0.6 is 0 Å². The minimum absolute atomic E-state index is 0.115. The van der Waals surface area contributed by atoms with Crippen molar-refractivity contribution in [1.29, 1.82) is 0 Å². The van der Waals surface area contributed by atoms with E-state index in [0.29, 0.717) is 12.4 Å². The van der Waals surface area contributed by atoms with Crippen molar-refractivity contribution in [2.75, 3.05) is 24.6 Å². The topological polar surface area (TPSA) is 75.7 Å². The zero-order valence-corrected chi connectivity index (χ0v) is 15.1. The molecule has 0 saturated heterocycles. The number of hydrogen-bond acceptors (Lipinski definition) is 4. The fourth-order valence-electron chi connectivity index (χ4n) is 2.33. The number of nitrogens with zero attached hydrogens (tertiary/aromatic N) is 1. The molecule has 134 valence electrons. The molecule has 7 heteroatoms. The largest absolute Gasteiger partial charge is 0.494 e. The number of rotatable bonds is 8. The third kappa shape index (κ3) is 5.30. The first-order chi connectivity index (χ1) is 11.9. The molecule has 2 aromatic carbocycles. The SMILES string of the molecule is CCOc1ccc(S(=O)(=O)NCCN(C(C)=O)c2ccccc2)cc1. The van der Waals surface area contributed by atoms with Crippen LogP contribution in [0.2, 0.25) is 0 Å². The molecule has 0 aliphatic heterocycles. The van der Waals surface area contributed by atoms with Crippen molar-refractivity contribution in [3.63, 3.8) is 0 Å². The Labute approximate surface area is 148 Å². The van der Waals surface area contributed by atoms with Gasteiger partial charge in [-0.1, -0.05) is 18.2 Å². The Balaban J connectivity index is 2.00. The molecule has 1 N–H and O–H groups in total. The van der Waals surface area contributed by atoms with Crippen molar-refractivity contribution in [2.45, 2.75) is 18.7 Å². The van der Waals surface area contributed by atoms with E-state index in [2.05, 4.69) is 4.72 Å². The van der Waals surface area contributed by atoms with E-state index in [1.54, 1.807) is 12.1 Å². The fourth-order valence-corrected chi connectivity index (χ4v) is 3.35. The molecule has 2 aromatic rings. The molecule has 1 amide bonds. The van der Waals surface area contributed by atoms with Crippen molar-refractivity contribution in [2.24, 2.45) is 0 Å². The van der Waals surface area contributed by atoms with E-state index in [1.807, 2.05) is 37.3 Å². The van der Waals surface area contributed by atoms with Gasteiger partial charge in [0, 0.05) is 25.7 Å². The van der Waals surface area contributed by atoms with Crippen LogP contribution in [0.1, 0.15) is 13.8 Å². The molecule has 0 fully saturated rings. The van der Waals surface area contributed by atoms with Crippen LogP contribution in [0.5, 0.6) is 5.75 Å². The number of para-hydroxylation sites is 1. The second kappa shape index (κ2) is 8.64. The summed E-state index contributed by atoms with van der Waals surface area (Å²) in [5.74, 6) is 0.472. The number of carbonyl (C=O) groups excluding carboxylic acids is 1. The Morgan fingerprint density at radius 1 is 1.08 bits per heavy atom. The maximum Gasteiger partial charge on any atom is 0.240 e. The zero-order valence-electron chi connectivity index (χ0n) is 14.3. The smallest absolute Gasteiger partial charge is 0.240 e. The van der Waals surface area contributed by atoms with E-state index >= 15 is 0 Å². The number of ether oxygens (including phenoxy) is 1. The average Bonchev–Trinajstić information content (AvgIpc) is 2.60. The lowest BCUT2D eigenvalue weighted by atomic mass is 10.3. The number of carbonyl (C=O) groups is 1. The Morgan fingerprint density at radius 3 is 2.28 bits per heavy atom. The fraction of sp³-hybridized carbons (Fsp3) is 0.278. The van der Waals surface area contributed by atoms with Crippen molar-refractivity contribution in [3.8, 4) is 5.75 Å². The first-order valence-corrected chi connectivity index (χ1v) is 9.48. The summed E-state index contributed by atoms with van der Waals surface area (Å²) < 4.78 is 32.5. The summed E-state index contributed by atoms with van der Waals surface area (Å²) >= 11 is 0. The normalized spacial score (nSPS) is 11.1. The highest BCUT2D eigenvalue weighted by atomic mass is 32.2. The molecule has 25 heavy (non-hydrogen) atoms. The molecule has 2 rings (SSSR count). The van der Waals surface area contributed by atoms with Crippen molar-refractivity contribution >= 4 is 21.6 Å². The summed E-state index contributed by atoms with van der Waals surface area (Å²) in [5, 5.41) is 0. The highest BCUT2D eigenvalue weighted by Crippen LogP contribution is 2.16. The van der Waals surface area contributed by atoms with Crippen LogP contribution in [0.15, 0.2) is 59.5 Å². The van der Waals surface area contributed by atoms with Gasteiger partial charge in [-0.3, -0.25) is 4.79 Å². The Morgan fingerprint density at radius 2 is 1.72 bits per heavy atom. The van der Waals surface area contributed by atoms with E-state index in [0.717, 1.165) is 5.69 Å². The predicted octanol–water partition coefficient (Wildman–Crippen LogP) is 2.42. The minimum atomic E-state index is -3.64. The van der Waals surface area contributed by atoms with E-state index in [1.165, 1.54) is 24.0 Å². The quantitative estimate of drug-likeness (QED) is 0.782. The molecule has 6 nitrogen and oxygen atoms in total. The first-order valence-electron chi connectivity index (χ1n) is 7.99. The molecule has 0 aliphatic rings. The van der Waals surface area contributed by atoms with Gasteiger partial charge in [0.1, 0.15) is 5.75 Å². The summed E-state index contributed by atoms with van der Waals surface area (Å²) in [5.41, 5.74) is 0.732. The number of amides is 1. The van der Waals surface area contributed by atoms with E-state index in [-0.39, 0.29) is 23.9 Å². The minimum Gasteiger partial charge on any atom is -0.494 e. The van der Waals surface area contributed by atoms with Crippen LogP contribution in [0.4, 0.5) is 5.69 Å². The predicted molar refractivity (Wildman–Crippen MR) is 97.3 cm³/mol. The maximum atomic E-state index is 12.3. The zero-order chi connectivity index (χ0) is 18.3. The van der Waals surface area contributed by atoms with Crippen LogP contribution in [0.3, 0.4) is 0 Å². The lowest BCUT2D eigenvalue weighted by Gasteiger charge is -2.21. The van der Waals surface area contributed by atoms with Gasteiger partial charge in [-0.15, -0.1) is 0 Å². The lowest BCUT2D eigenvalue weighted by Crippen LogP contribution is -2.37. The molecule has 0 atom stereocenters. The maximum absolute atomic E-state index is 12.3. The molecular weight excluding hydrogens is 340 g/mol. The molecule has 0 saturated carbocycles. The van der Waals surface area contributed by atoms with Crippen molar-refractivity contribution < 1.29 is 17.9 Å². The van der Waals surface area contributed by atoms with Crippen LogP contribution in [-0.2, 0) is 14.8 Å². The number of nitrogens with one attached hydrogen (secondary N) is 1. The third-order valence-electron chi connectivity index (χ3n) is 3.52. The van der Waals surface area contributed by atoms with Crippen LogP contribution < -0.4 is 14.4 Å². The summed E-state index contributed by atoms with van der Waals surface area (Å²) in [7, 11) is -3.64. The van der Waals surface area contributed by atoms with Crippen LogP contribution in [0.25, 0.3) is 0 Å². The molecule has 0 radical (unpaired) electrons. The van der Waals surface area contributed by atoms with E-state index in [9.17, 15) is 13.2 Å². The van der Waals surface area contributed by atoms with Gasteiger partial charge in [-0.2, -0.15) is 0 Å². The average molecular weight is 362 g/mol. The highest BCUT2D eigenvalue weighted by Gasteiger charge is 2.16. The molecule has 0 unspecified atom stereocenters. The molecule has 0 aliphatic carbocycles. The molecule has 0 aromatic heterocycles. The van der Waals surface area contributed by atoms with Gasteiger partial charge in [0.15, 0.2) is 0 Å². The van der Waals surface area contributed by atoms with Crippen LogP contribution in [-0.4, -0.2) is 34.0 Å². The van der Waals surface area contributed by atoms with Gasteiger partial charge >= 0.3 is 0 Å². The summed E-state index contributed by atoms with van der Waals surface area (Å²) in [6, 6.07) is 15.3. The molecule has 0 spiro atoms. The van der Waals surface area contributed by atoms with Gasteiger partial charge in [0.25, 0.3) is 0 Å². The van der Waals surface area contributed by atoms with Gasteiger partial charge in [-0.05, 0) is 43.3 Å². The lowest BCUT2D eigenvalue weighted by molar-refractivity contribution is -0.116. The van der Waals surface area contributed by atoms with E-state index in [4.69, 9.17) is 4.74 Å². The Hall–Kier alpha value is -2.38. The number of sulfonamides is 1. The standard InChI is InChI=1S/C18H22N2O4S/c1-3-24-17-9-11-18(12-10-17)25(22,23)19-13-14-20(15(2)21)16-7-5-4-6-8-16/h4-12,19H,3,13-14H2,1-2H3. The summed E-state index contributed by atoms with van der Waals surface area (Å²) in [6.07, 6.45) is 0. The third-order valence-corrected chi connectivity index (χ3v) is 5.00. The Kier molecular flexibility index (Phi) is 6.55. The summed E-state index contributed by atoms with van der Waals surface area (Å²) in [6.45, 7) is 4.19. The van der Waals surface area contributed by atoms with Crippen molar-refractivity contribution in [1.82, 2.24) is 4.72 Å². The molecule has 0 bridgehead atoms. The van der Waals surface area contributed by atoms with Gasteiger partial charge in [0.05, 0.1) is 11.5 Å². The van der Waals surface area contributed by atoms with E-state index < -0.39 is 10.0 Å².